The van der Waals surface area contributed by atoms with E-state index in [-0.39, 0.29) is 19.3 Å². The first-order valence-corrected chi connectivity index (χ1v) is 5.77. The first-order valence-electron chi connectivity index (χ1n) is 5.77. The van der Waals surface area contributed by atoms with Crippen molar-refractivity contribution in [1.29, 1.82) is 0 Å². The van der Waals surface area contributed by atoms with E-state index in [4.69, 9.17) is 5.11 Å². The lowest BCUT2D eigenvalue weighted by Crippen LogP contribution is -2.24. The van der Waals surface area contributed by atoms with Crippen LogP contribution in [-0.4, -0.2) is 17.0 Å². The van der Waals surface area contributed by atoms with Crippen molar-refractivity contribution >= 4 is 5.97 Å². The summed E-state index contributed by atoms with van der Waals surface area (Å²) in [7, 11) is 0. The maximum absolute atomic E-state index is 13.1. The van der Waals surface area contributed by atoms with Crippen LogP contribution < -0.4 is 0 Å². The van der Waals surface area contributed by atoms with Gasteiger partial charge in [-0.15, -0.1) is 0 Å². The number of allylic oxidation sites excluding steroid dienone is 3. The highest BCUT2D eigenvalue weighted by Gasteiger charge is 2.44. The van der Waals surface area contributed by atoms with Gasteiger partial charge < -0.3 is 5.11 Å². The van der Waals surface area contributed by atoms with Crippen LogP contribution in [0, 0.1) is 11.8 Å². The second-order valence-electron chi connectivity index (χ2n) is 4.61. The van der Waals surface area contributed by atoms with Crippen molar-refractivity contribution in [3.05, 3.63) is 23.8 Å². The Balaban J connectivity index is 2.84. The summed E-state index contributed by atoms with van der Waals surface area (Å²) in [6, 6.07) is 0. The standard InChI is InChI=1S/C13H18F2O2/c1-3-4-5-9(2)11(12(16)17)10-6-7-13(14,15)8-10/h3-5,10-11H,6-8H2,1-2H3,(H,16,17)/b4-3-,9-5+. The minimum absolute atomic E-state index is 0.196. The van der Waals surface area contributed by atoms with Crippen LogP contribution >= 0.6 is 0 Å². The number of carboxylic acid groups (broad SMARTS) is 1. The van der Waals surface area contributed by atoms with E-state index in [1.54, 1.807) is 25.2 Å². The summed E-state index contributed by atoms with van der Waals surface area (Å²) in [5.41, 5.74) is 0.637. The number of hydrogen-bond acceptors (Lipinski definition) is 1. The van der Waals surface area contributed by atoms with Gasteiger partial charge in [0, 0.05) is 12.8 Å². The van der Waals surface area contributed by atoms with E-state index in [1.165, 1.54) is 0 Å². The normalized spacial score (nSPS) is 26.4. The van der Waals surface area contributed by atoms with Crippen LogP contribution in [0.5, 0.6) is 0 Å². The summed E-state index contributed by atoms with van der Waals surface area (Å²) in [6.45, 7) is 3.51. The molecule has 0 aliphatic heterocycles. The van der Waals surface area contributed by atoms with Crippen molar-refractivity contribution in [3.8, 4) is 0 Å². The highest BCUT2D eigenvalue weighted by atomic mass is 19.3. The molecule has 1 aliphatic rings. The molecule has 0 radical (unpaired) electrons. The first kappa shape index (κ1) is 13.9. The number of hydrogen-bond donors (Lipinski definition) is 1. The summed E-state index contributed by atoms with van der Waals surface area (Å²) in [4.78, 5) is 11.2. The third-order valence-electron chi connectivity index (χ3n) is 3.22. The molecule has 0 bridgehead atoms. The maximum Gasteiger partial charge on any atom is 0.310 e. The Bertz CT molecular complexity index is 345. The summed E-state index contributed by atoms with van der Waals surface area (Å²) < 4.78 is 26.2. The Morgan fingerprint density at radius 3 is 2.59 bits per heavy atom. The van der Waals surface area contributed by atoms with Crippen molar-refractivity contribution in [2.24, 2.45) is 11.8 Å². The van der Waals surface area contributed by atoms with E-state index >= 15 is 0 Å². The quantitative estimate of drug-likeness (QED) is 0.766. The van der Waals surface area contributed by atoms with Crippen LogP contribution in [0.2, 0.25) is 0 Å². The van der Waals surface area contributed by atoms with Crippen molar-refractivity contribution in [2.75, 3.05) is 0 Å². The van der Waals surface area contributed by atoms with Gasteiger partial charge in [0.25, 0.3) is 0 Å². The summed E-state index contributed by atoms with van der Waals surface area (Å²) in [5.74, 6) is -4.95. The number of rotatable bonds is 4. The molecule has 4 heteroatoms. The molecule has 1 N–H and O–H groups in total. The summed E-state index contributed by atoms with van der Waals surface area (Å²) >= 11 is 0. The smallest absolute Gasteiger partial charge is 0.310 e. The fourth-order valence-corrected chi connectivity index (χ4v) is 2.39. The Morgan fingerprint density at radius 1 is 1.53 bits per heavy atom. The van der Waals surface area contributed by atoms with Gasteiger partial charge in [0.1, 0.15) is 0 Å². The fourth-order valence-electron chi connectivity index (χ4n) is 2.39. The molecule has 1 aliphatic carbocycles. The van der Waals surface area contributed by atoms with Gasteiger partial charge in [0.05, 0.1) is 5.92 Å². The largest absolute Gasteiger partial charge is 0.481 e. The van der Waals surface area contributed by atoms with Gasteiger partial charge in [-0.05, 0) is 26.2 Å². The molecular weight excluding hydrogens is 226 g/mol. The van der Waals surface area contributed by atoms with Crippen molar-refractivity contribution in [1.82, 2.24) is 0 Å². The third kappa shape index (κ3) is 3.65. The Morgan fingerprint density at radius 2 is 2.18 bits per heavy atom. The van der Waals surface area contributed by atoms with Gasteiger partial charge in [-0.3, -0.25) is 4.79 Å². The molecule has 0 aromatic rings. The number of aliphatic carboxylic acids is 1. The fraction of sp³-hybridized carbons (Fsp3) is 0.615. The highest BCUT2D eigenvalue weighted by molar-refractivity contribution is 5.74. The van der Waals surface area contributed by atoms with Gasteiger partial charge in [0.15, 0.2) is 0 Å². The second-order valence-corrected chi connectivity index (χ2v) is 4.61. The van der Waals surface area contributed by atoms with E-state index in [9.17, 15) is 13.6 Å². The predicted octanol–water partition coefficient (Wildman–Crippen LogP) is 3.65. The molecule has 1 fully saturated rings. The number of halogens is 2. The van der Waals surface area contributed by atoms with Crippen LogP contribution in [0.15, 0.2) is 23.8 Å². The van der Waals surface area contributed by atoms with Crippen molar-refractivity contribution in [2.45, 2.75) is 39.0 Å². The molecule has 1 rings (SSSR count). The van der Waals surface area contributed by atoms with Crippen molar-refractivity contribution in [3.63, 3.8) is 0 Å². The molecule has 0 heterocycles. The average molecular weight is 244 g/mol. The van der Waals surface area contributed by atoms with Crippen LogP contribution in [0.4, 0.5) is 8.78 Å². The van der Waals surface area contributed by atoms with Gasteiger partial charge in [-0.25, -0.2) is 8.78 Å². The number of carboxylic acids is 1. The Kier molecular flexibility index (Phi) is 4.43. The van der Waals surface area contributed by atoms with Crippen LogP contribution in [0.25, 0.3) is 0 Å². The van der Waals surface area contributed by atoms with Gasteiger partial charge in [0.2, 0.25) is 5.92 Å². The summed E-state index contributed by atoms with van der Waals surface area (Å²) in [6.07, 6.45) is 4.98. The van der Waals surface area contributed by atoms with Gasteiger partial charge >= 0.3 is 5.97 Å². The molecular formula is C13H18F2O2. The Hall–Kier alpha value is -1.19. The Labute approximate surface area is 100 Å². The van der Waals surface area contributed by atoms with Crippen LogP contribution in [0.3, 0.4) is 0 Å². The topological polar surface area (TPSA) is 37.3 Å². The zero-order valence-corrected chi connectivity index (χ0v) is 10.1. The third-order valence-corrected chi connectivity index (χ3v) is 3.22. The maximum atomic E-state index is 13.1. The monoisotopic (exact) mass is 244 g/mol. The van der Waals surface area contributed by atoms with E-state index in [2.05, 4.69) is 0 Å². The van der Waals surface area contributed by atoms with Crippen LogP contribution in [0.1, 0.15) is 33.1 Å². The SMILES string of the molecule is C/C=C\C=C(/C)C(C(=O)O)C1CCC(F)(F)C1. The second kappa shape index (κ2) is 5.43. The number of alkyl halides is 2. The van der Waals surface area contributed by atoms with E-state index in [0.29, 0.717) is 5.57 Å². The highest BCUT2D eigenvalue weighted by Crippen LogP contribution is 2.44. The molecule has 1 saturated carbocycles. The predicted molar refractivity (Wildman–Crippen MR) is 62.0 cm³/mol. The zero-order valence-electron chi connectivity index (χ0n) is 10.1. The average Bonchev–Trinajstić information content (AvgIpc) is 2.55. The van der Waals surface area contributed by atoms with Gasteiger partial charge in [-0.1, -0.05) is 23.8 Å². The molecule has 0 aromatic heterocycles. The van der Waals surface area contributed by atoms with E-state index in [0.717, 1.165) is 0 Å². The lowest BCUT2D eigenvalue weighted by molar-refractivity contribution is -0.142. The lowest BCUT2D eigenvalue weighted by atomic mass is 9.85. The molecule has 2 nitrogen and oxygen atoms in total. The molecule has 2 atom stereocenters. The zero-order chi connectivity index (χ0) is 13.1. The van der Waals surface area contributed by atoms with E-state index in [1.807, 2.05) is 6.92 Å². The molecule has 0 aromatic carbocycles. The molecule has 0 saturated heterocycles. The molecule has 96 valence electrons. The molecule has 0 amide bonds. The molecule has 17 heavy (non-hydrogen) atoms. The van der Waals surface area contributed by atoms with Crippen LogP contribution in [-0.2, 0) is 4.79 Å². The first-order chi connectivity index (χ1) is 7.87. The molecule has 2 unspecified atom stereocenters. The van der Waals surface area contributed by atoms with Crippen molar-refractivity contribution < 1.29 is 18.7 Å². The van der Waals surface area contributed by atoms with E-state index < -0.39 is 23.7 Å². The minimum Gasteiger partial charge on any atom is -0.481 e. The lowest BCUT2D eigenvalue weighted by Gasteiger charge is -2.20. The number of carbonyl (C=O) groups is 1. The minimum atomic E-state index is -2.70. The van der Waals surface area contributed by atoms with Gasteiger partial charge in [-0.2, -0.15) is 0 Å². The molecule has 0 spiro atoms. The summed E-state index contributed by atoms with van der Waals surface area (Å²) in [5, 5.41) is 9.16.